The number of fused-ring (bicyclic) bond motifs is 1. The molecule has 2 heterocycles. The third-order valence-corrected chi connectivity index (χ3v) is 7.29. The smallest absolute Gasteiger partial charge is 0.416 e. The van der Waals surface area contributed by atoms with Crippen LogP contribution in [0.15, 0.2) is 72.8 Å². The van der Waals surface area contributed by atoms with E-state index in [0.717, 1.165) is 60.3 Å². The quantitative estimate of drug-likeness (QED) is 0.238. The maximum atomic E-state index is 13.1. The monoisotopic (exact) mass is 550 g/mol. The number of ether oxygens (including phenoxy) is 1. The first kappa shape index (κ1) is 27.6. The molecule has 3 aromatic carbocycles. The van der Waals surface area contributed by atoms with Crippen LogP contribution in [0.5, 0.6) is 5.75 Å². The van der Waals surface area contributed by atoms with E-state index in [2.05, 4.69) is 17.9 Å². The molecule has 1 aliphatic heterocycles. The Bertz CT molecular complexity index is 1430. The minimum atomic E-state index is -4.38. The molecule has 1 fully saturated rings. The molecule has 0 radical (unpaired) electrons. The number of piperazine rings is 1. The Morgan fingerprint density at radius 3 is 2.35 bits per heavy atom. The third-order valence-electron chi connectivity index (χ3n) is 7.29. The summed E-state index contributed by atoms with van der Waals surface area (Å²) in [7, 11) is 0. The molecule has 0 aliphatic carbocycles. The molecule has 9 heteroatoms. The minimum Gasteiger partial charge on any atom is -0.486 e. The molecule has 1 aromatic heterocycles. The van der Waals surface area contributed by atoms with Gasteiger partial charge in [-0.15, -0.1) is 0 Å². The Morgan fingerprint density at radius 2 is 1.68 bits per heavy atom. The van der Waals surface area contributed by atoms with Gasteiger partial charge in [-0.25, -0.2) is 4.98 Å². The second-order valence-electron chi connectivity index (χ2n) is 10.1. The summed E-state index contributed by atoms with van der Waals surface area (Å²) in [5.41, 5.74) is 2.75. The zero-order valence-corrected chi connectivity index (χ0v) is 22.5. The summed E-state index contributed by atoms with van der Waals surface area (Å²) in [5.74, 6) is 1.61. The van der Waals surface area contributed by atoms with Gasteiger partial charge in [0.05, 0.1) is 16.6 Å². The van der Waals surface area contributed by atoms with Crippen molar-refractivity contribution in [1.29, 1.82) is 0 Å². The topological polar surface area (TPSA) is 50.6 Å². The number of alkyl halides is 3. The highest BCUT2D eigenvalue weighted by molar-refractivity contribution is 5.81. The molecular weight excluding hydrogens is 517 g/mol. The lowest BCUT2D eigenvalue weighted by Crippen LogP contribution is -2.48. The predicted octanol–water partition coefficient (Wildman–Crippen LogP) is 6.52. The maximum absolute atomic E-state index is 13.1. The van der Waals surface area contributed by atoms with Crippen LogP contribution in [0.3, 0.4) is 0 Å². The second kappa shape index (κ2) is 12.0. The number of rotatable bonds is 9. The highest BCUT2D eigenvalue weighted by Gasteiger charge is 2.30. The number of para-hydroxylation sites is 1. The molecule has 1 amide bonds. The van der Waals surface area contributed by atoms with E-state index >= 15 is 0 Å². The molecule has 1 aliphatic rings. The van der Waals surface area contributed by atoms with Crippen LogP contribution in [0.4, 0.5) is 18.9 Å². The van der Waals surface area contributed by atoms with Gasteiger partial charge in [0.15, 0.2) is 0 Å². The Labute approximate surface area is 232 Å². The number of carbonyl (C=O) groups excluding carboxylic acids is 1. The number of unbranched alkanes of at least 4 members (excludes halogenated alkanes) is 1. The van der Waals surface area contributed by atoms with Crippen molar-refractivity contribution in [1.82, 2.24) is 14.5 Å². The first-order valence-corrected chi connectivity index (χ1v) is 13.7. The number of nitrogens with zero attached hydrogens (tertiary/aromatic N) is 4. The lowest BCUT2D eigenvalue weighted by molar-refractivity contribution is -0.137. The van der Waals surface area contributed by atoms with E-state index in [0.29, 0.717) is 37.6 Å². The summed E-state index contributed by atoms with van der Waals surface area (Å²) in [6, 6.07) is 20.8. The van der Waals surface area contributed by atoms with Gasteiger partial charge in [0.1, 0.15) is 18.2 Å². The SMILES string of the molecule is CCCCC(=O)N1CCN(c2ccc3nc(COc4ccccc4)n(Cc4ccc(C(F)(F)F)cc4)c3c2)CC1. The predicted molar refractivity (Wildman–Crippen MR) is 149 cm³/mol. The Kier molecular flexibility index (Phi) is 8.28. The molecule has 1 saturated heterocycles. The van der Waals surface area contributed by atoms with E-state index in [1.807, 2.05) is 51.9 Å². The van der Waals surface area contributed by atoms with Gasteiger partial charge < -0.3 is 19.1 Å². The van der Waals surface area contributed by atoms with Gasteiger partial charge in [-0.3, -0.25) is 4.79 Å². The van der Waals surface area contributed by atoms with Crippen LogP contribution in [0.1, 0.15) is 43.1 Å². The van der Waals surface area contributed by atoms with Crippen molar-refractivity contribution in [3.8, 4) is 5.75 Å². The van der Waals surface area contributed by atoms with Crippen molar-refractivity contribution in [2.75, 3.05) is 31.1 Å². The molecular formula is C31H33F3N4O2. The number of imidazole rings is 1. The van der Waals surface area contributed by atoms with E-state index < -0.39 is 11.7 Å². The number of amides is 1. The molecule has 5 rings (SSSR count). The molecule has 0 N–H and O–H groups in total. The van der Waals surface area contributed by atoms with Crippen LogP contribution in [-0.4, -0.2) is 46.5 Å². The fourth-order valence-electron chi connectivity index (χ4n) is 4.99. The number of aromatic nitrogens is 2. The third kappa shape index (κ3) is 6.41. The molecule has 40 heavy (non-hydrogen) atoms. The Hall–Kier alpha value is -4.01. The van der Waals surface area contributed by atoms with Crippen molar-refractivity contribution >= 4 is 22.6 Å². The molecule has 4 aromatic rings. The summed E-state index contributed by atoms with van der Waals surface area (Å²) >= 11 is 0. The highest BCUT2D eigenvalue weighted by Crippen LogP contribution is 2.30. The zero-order valence-electron chi connectivity index (χ0n) is 22.5. The average Bonchev–Trinajstić information content (AvgIpc) is 3.31. The standard InChI is InChI=1S/C31H33F3N4O2/c1-2-3-9-30(39)37-18-16-36(17-19-37)25-14-15-27-28(20-25)38(21-23-10-12-24(13-11-23)31(32,33)34)29(35-27)22-40-26-7-5-4-6-8-26/h4-8,10-15,20H,2-3,9,16-19,21-22H2,1H3. The highest BCUT2D eigenvalue weighted by atomic mass is 19.4. The van der Waals surface area contributed by atoms with Gasteiger partial charge in [-0.1, -0.05) is 43.7 Å². The fraction of sp³-hybridized carbons (Fsp3) is 0.355. The molecule has 0 spiro atoms. The van der Waals surface area contributed by atoms with E-state index in [4.69, 9.17) is 9.72 Å². The van der Waals surface area contributed by atoms with E-state index in [1.54, 1.807) is 0 Å². The first-order valence-electron chi connectivity index (χ1n) is 13.7. The molecule has 6 nitrogen and oxygen atoms in total. The van der Waals surface area contributed by atoms with Crippen LogP contribution in [0.25, 0.3) is 11.0 Å². The van der Waals surface area contributed by atoms with Crippen LogP contribution in [-0.2, 0) is 24.1 Å². The lowest BCUT2D eigenvalue weighted by atomic mass is 10.1. The van der Waals surface area contributed by atoms with Crippen LogP contribution < -0.4 is 9.64 Å². The summed E-state index contributed by atoms with van der Waals surface area (Å²) in [6.45, 7) is 5.49. The summed E-state index contributed by atoms with van der Waals surface area (Å²) in [5, 5.41) is 0. The van der Waals surface area contributed by atoms with Crippen LogP contribution in [0.2, 0.25) is 0 Å². The van der Waals surface area contributed by atoms with Crippen LogP contribution in [0, 0.1) is 0 Å². The lowest BCUT2D eigenvalue weighted by Gasteiger charge is -2.36. The normalized spacial score (nSPS) is 14.1. The summed E-state index contributed by atoms with van der Waals surface area (Å²) in [4.78, 5) is 21.5. The molecule has 210 valence electrons. The van der Waals surface area contributed by atoms with Crippen molar-refractivity contribution in [3.05, 3.63) is 89.7 Å². The average molecular weight is 551 g/mol. The molecule has 0 bridgehead atoms. The number of carbonyl (C=O) groups is 1. The van der Waals surface area contributed by atoms with Gasteiger partial charge in [0, 0.05) is 44.8 Å². The zero-order chi connectivity index (χ0) is 28.1. The van der Waals surface area contributed by atoms with Crippen molar-refractivity contribution in [2.24, 2.45) is 0 Å². The fourth-order valence-corrected chi connectivity index (χ4v) is 4.99. The minimum absolute atomic E-state index is 0.215. The van der Waals surface area contributed by atoms with E-state index in [1.165, 1.54) is 12.1 Å². The molecule has 0 unspecified atom stereocenters. The Morgan fingerprint density at radius 1 is 0.950 bits per heavy atom. The largest absolute Gasteiger partial charge is 0.486 e. The number of hydrogen-bond acceptors (Lipinski definition) is 4. The first-order chi connectivity index (χ1) is 19.3. The number of halogens is 3. The second-order valence-corrected chi connectivity index (χ2v) is 10.1. The number of anilines is 1. The van der Waals surface area contributed by atoms with E-state index in [-0.39, 0.29) is 12.5 Å². The van der Waals surface area contributed by atoms with Crippen LogP contribution >= 0.6 is 0 Å². The van der Waals surface area contributed by atoms with Gasteiger partial charge in [-0.2, -0.15) is 13.2 Å². The number of benzene rings is 3. The van der Waals surface area contributed by atoms with Gasteiger partial charge in [0.2, 0.25) is 5.91 Å². The van der Waals surface area contributed by atoms with Crippen molar-refractivity contribution in [3.63, 3.8) is 0 Å². The molecule has 0 saturated carbocycles. The molecule has 0 atom stereocenters. The Balaban J connectivity index is 1.40. The van der Waals surface area contributed by atoms with E-state index in [9.17, 15) is 18.0 Å². The maximum Gasteiger partial charge on any atom is 0.416 e. The van der Waals surface area contributed by atoms with Crippen molar-refractivity contribution in [2.45, 2.75) is 45.5 Å². The summed E-state index contributed by atoms with van der Waals surface area (Å²) < 4.78 is 47.4. The van der Waals surface area contributed by atoms with Gasteiger partial charge in [0.25, 0.3) is 0 Å². The van der Waals surface area contributed by atoms with Gasteiger partial charge in [-0.05, 0) is 54.4 Å². The summed E-state index contributed by atoms with van der Waals surface area (Å²) in [6.07, 6.45) is -1.87. The number of hydrogen-bond donors (Lipinski definition) is 0. The van der Waals surface area contributed by atoms with Gasteiger partial charge >= 0.3 is 6.18 Å². The van der Waals surface area contributed by atoms with Crippen molar-refractivity contribution < 1.29 is 22.7 Å².